The van der Waals surface area contributed by atoms with Crippen molar-refractivity contribution in [1.29, 1.82) is 0 Å². The molecule has 0 spiro atoms. The lowest BCUT2D eigenvalue weighted by molar-refractivity contribution is 0.219. The Morgan fingerprint density at radius 1 is 1.28 bits per heavy atom. The summed E-state index contributed by atoms with van der Waals surface area (Å²) in [4.78, 5) is 4.28. The van der Waals surface area contributed by atoms with Gasteiger partial charge < -0.3 is 14.9 Å². The van der Waals surface area contributed by atoms with Gasteiger partial charge in [-0.3, -0.25) is 0 Å². The van der Waals surface area contributed by atoms with Crippen LogP contribution in [0.4, 0.5) is 5.95 Å². The number of benzene rings is 1. The van der Waals surface area contributed by atoms with Crippen LogP contribution in [-0.2, 0) is 0 Å². The Balaban J connectivity index is 1.67. The molecule has 5 nitrogen and oxygen atoms in total. The van der Waals surface area contributed by atoms with Crippen LogP contribution in [0.3, 0.4) is 0 Å². The molecule has 2 N–H and O–H groups in total. The fourth-order valence-electron chi connectivity index (χ4n) is 1.83. The van der Waals surface area contributed by atoms with Gasteiger partial charge in [-0.05, 0) is 30.1 Å². The molecule has 1 saturated carbocycles. The van der Waals surface area contributed by atoms with Crippen molar-refractivity contribution in [2.45, 2.75) is 12.8 Å². The van der Waals surface area contributed by atoms with Gasteiger partial charge in [-0.1, -0.05) is 18.2 Å². The zero-order chi connectivity index (χ0) is 12.4. The van der Waals surface area contributed by atoms with Gasteiger partial charge in [0.25, 0.3) is 11.8 Å². The van der Waals surface area contributed by atoms with Gasteiger partial charge in [0.1, 0.15) is 0 Å². The minimum atomic E-state index is 0.0353. The SMILES string of the molecule is OCC1(CNc2noc(-c3ccccc3)n2)CC1. The third-order valence-corrected chi connectivity index (χ3v) is 3.36. The molecule has 1 aromatic carbocycles. The Bertz CT molecular complexity index is 520. The van der Waals surface area contributed by atoms with E-state index in [1.165, 1.54) is 0 Å². The molecule has 94 valence electrons. The second-order valence-corrected chi connectivity index (χ2v) is 4.80. The zero-order valence-electron chi connectivity index (χ0n) is 9.97. The highest BCUT2D eigenvalue weighted by atomic mass is 16.5. The highest BCUT2D eigenvalue weighted by Gasteiger charge is 2.41. The molecule has 1 aromatic heterocycles. The summed E-state index contributed by atoms with van der Waals surface area (Å²) in [5.74, 6) is 0.987. The average Bonchev–Trinajstić information content (AvgIpc) is 3.07. The second-order valence-electron chi connectivity index (χ2n) is 4.80. The van der Waals surface area contributed by atoms with E-state index in [1.807, 2.05) is 30.3 Å². The van der Waals surface area contributed by atoms with E-state index in [0.717, 1.165) is 18.4 Å². The number of hydrogen-bond donors (Lipinski definition) is 2. The van der Waals surface area contributed by atoms with Gasteiger partial charge in [-0.2, -0.15) is 4.98 Å². The molecule has 0 atom stereocenters. The van der Waals surface area contributed by atoms with Crippen molar-refractivity contribution in [1.82, 2.24) is 10.1 Å². The Morgan fingerprint density at radius 3 is 2.72 bits per heavy atom. The molecular formula is C13H15N3O2. The lowest BCUT2D eigenvalue weighted by atomic mass is 10.1. The van der Waals surface area contributed by atoms with Crippen molar-refractivity contribution in [2.75, 3.05) is 18.5 Å². The zero-order valence-corrected chi connectivity index (χ0v) is 9.97. The number of aliphatic hydroxyl groups is 1. The Labute approximate surface area is 105 Å². The third-order valence-electron chi connectivity index (χ3n) is 3.36. The fourth-order valence-corrected chi connectivity index (χ4v) is 1.83. The fraction of sp³-hybridized carbons (Fsp3) is 0.385. The maximum atomic E-state index is 9.21. The lowest BCUT2D eigenvalue weighted by Gasteiger charge is -2.10. The molecule has 0 unspecified atom stereocenters. The van der Waals surface area contributed by atoms with Crippen molar-refractivity contribution in [3.63, 3.8) is 0 Å². The molecular weight excluding hydrogens is 230 g/mol. The van der Waals surface area contributed by atoms with Crippen LogP contribution in [0.15, 0.2) is 34.9 Å². The van der Waals surface area contributed by atoms with Crippen LogP contribution >= 0.6 is 0 Å². The highest BCUT2D eigenvalue weighted by Crippen LogP contribution is 2.44. The van der Waals surface area contributed by atoms with E-state index >= 15 is 0 Å². The molecule has 0 radical (unpaired) electrons. The summed E-state index contributed by atoms with van der Waals surface area (Å²) in [6.45, 7) is 0.903. The van der Waals surface area contributed by atoms with E-state index in [-0.39, 0.29) is 12.0 Å². The predicted octanol–water partition coefficient (Wildman–Crippen LogP) is 1.92. The number of rotatable bonds is 5. The monoisotopic (exact) mass is 245 g/mol. The quantitative estimate of drug-likeness (QED) is 0.842. The van der Waals surface area contributed by atoms with Crippen LogP contribution < -0.4 is 5.32 Å². The molecule has 0 aliphatic heterocycles. The predicted molar refractivity (Wildman–Crippen MR) is 67.0 cm³/mol. The van der Waals surface area contributed by atoms with Crippen molar-refractivity contribution in [3.05, 3.63) is 30.3 Å². The molecule has 0 amide bonds. The number of anilines is 1. The van der Waals surface area contributed by atoms with E-state index in [1.54, 1.807) is 0 Å². The number of aromatic nitrogens is 2. The van der Waals surface area contributed by atoms with Crippen molar-refractivity contribution >= 4 is 5.95 Å². The third kappa shape index (κ3) is 2.22. The molecule has 2 aromatic rings. The van der Waals surface area contributed by atoms with Gasteiger partial charge in [0.15, 0.2) is 0 Å². The summed E-state index contributed by atoms with van der Waals surface area (Å²) >= 11 is 0. The molecule has 1 aliphatic rings. The summed E-state index contributed by atoms with van der Waals surface area (Å²) in [5, 5.41) is 16.2. The molecule has 5 heteroatoms. The van der Waals surface area contributed by atoms with Gasteiger partial charge >= 0.3 is 0 Å². The number of aliphatic hydroxyl groups excluding tert-OH is 1. The normalized spacial score (nSPS) is 16.5. The molecule has 0 saturated heterocycles. The van der Waals surface area contributed by atoms with Crippen LogP contribution in [0.1, 0.15) is 12.8 Å². The molecule has 1 fully saturated rings. The van der Waals surface area contributed by atoms with Gasteiger partial charge in [0.05, 0.1) is 6.61 Å². The molecule has 1 heterocycles. The Kier molecular flexibility index (Phi) is 2.76. The first-order chi connectivity index (χ1) is 8.81. The number of nitrogens with zero attached hydrogens (tertiary/aromatic N) is 2. The summed E-state index contributed by atoms with van der Waals surface area (Å²) in [7, 11) is 0. The molecule has 1 aliphatic carbocycles. The minimum absolute atomic E-state index is 0.0353. The van der Waals surface area contributed by atoms with Crippen LogP contribution in [0.2, 0.25) is 0 Å². The minimum Gasteiger partial charge on any atom is -0.396 e. The maximum absolute atomic E-state index is 9.21. The summed E-state index contributed by atoms with van der Waals surface area (Å²) in [5.41, 5.74) is 0.939. The first-order valence-electron chi connectivity index (χ1n) is 6.05. The van der Waals surface area contributed by atoms with E-state index in [9.17, 15) is 5.11 Å². The van der Waals surface area contributed by atoms with Gasteiger partial charge in [0, 0.05) is 17.5 Å². The maximum Gasteiger partial charge on any atom is 0.263 e. The Hall–Kier alpha value is -1.88. The first kappa shape index (κ1) is 11.2. The highest BCUT2D eigenvalue weighted by molar-refractivity contribution is 5.53. The first-order valence-corrected chi connectivity index (χ1v) is 6.05. The average molecular weight is 245 g/mol. The van der Waals surface area contributed by atoms with E-state index in [0.29, 0.717) is 18.4 Å². The van der Waals surface area contributed by atoms with Gasteiger partial charge in [-0.25, -0.2) is 0 Å². The van der Waals surface area contributed by atoms with Crippen molar-refractivity contribution in [2.24, 2.45) is 5.41 Å². The number of hydrogen-bond acceptors (Lipinski definition) is 5. The molecule has 3 rings (SSSR count). The van der Waals surface area contributed by atoms with E-state index in [2.05, 4.69) is 15.5 Å². The standard InChI is InChI=1S/C13H15N3O2/c17-9-13(6-7-13)8-14-12-15-11(18-16-12)10-4-2-1-3-5-10/h1-5,17H,6-9H2,(H,14,16). The van der Waals surface area contributed by atoms with Crippen LogP contribution in [0.5, 0.6) is 0 Å². The van der Waals surface area contributed by atoms with Crippen LogP contribution in [0.25, 0.3) is 11.5 Å². The smallest absolute Gasteiger partial charge is 0.263 e. The largest absolute Gasteiger partial charge is 0.396 e. The van der Waals surface area contributed by atoms with Crippen LogP contribution in [0, 0.1) is 5.41 Å². The molecule has 0 bridgehead atoms. The number of nitrogens with one attached hydrogen (secondary N) is 1. The molecule has 18 heavy (non-hydrogen) atoms. The second kappa shape index (κ2) is 4.42. The van der Waals surface area contributed by atoms with Gasteiger partial charge in [-0.15, -0.1) is 0 Å². The van der Waals surface area contributed by atoms with E-state index in [4.69, 9.17) is 4.52 Å². The summed E-state index contributed by atoms with van der Waals surface area (Å²) < 4.78 is 5.18. The lowest BCUT2D eigenvalue weighted by Crippen LogP contribution is -2.19. The van der Waals surface area contributed by atoms with Gasteiger partial charge in [0.2, 0.25) is 0 Å². The van der Waals surface area contributed by atoms with Crippen LogP contribution in [-0.4, -0.2) is 28.4 Å². The van der Waals surface area contributed by atoms with E-state index < -0.39 is 0 Å². The summed E-state index contributed by atoms with van der Waals surface area (Å²) in [6.07, 6.45) is 2.11. The van der Waals surface area contributed by atoms with Crippen molar-refractivity contribution < 1.29 is 9.63 Å². The summed E-state index contributed by atoms with van der Waals surface area (Å²) in [6, 6.07) is 9.65. The Morgan fingerprint density at radius 2 is 2.06 bits per heavy atom. The van der Waals surface area contributed by atoms with Crippen molar-refractivity contribution in [3.8, 4) is 11.5 Å². The topological polar surface area (TPSA) is 71.2 Å².